The van der Waals surface area contributed by atoms with Crippen LogP contribution >= 0.6 is 11.6 Å². The largest absolute Gasteiger partial charge is 0.324 e. The number of halogens is 3. The molecule has 0 atom stereocenters. The number of nitrogens with one attached hydrogen (secondary N) is 1. The number of aryl methyl sites for hydroxylation is 1. The third kappa shape index (κ3) is 4.03. The molecule has 0 bridgehead atoms. The Morgan fingerprint density at radius 3 is 2.50 bits per heavy atom. The first kappa shape index (κ1) is 14.5. The molecule has 104 valence electrons. The van der Waals surface area contributed by atoms with Gasteiger partial charge in [-0.3, -0.25) is 4.79 Å². The van der Waals surface area contributed by atoms with E-state index in [-0.39, 0.29) is 18.0 Å². The predicted molar refractivity (Wildman–Crippen MR) is 74.8 cm³/mol. The minimum atomic E-state index is -0.661. The molecule has 0 fully saturated rings. The Kier molecular flexibility index (Phi) is 4.69. The van der Waals surface area contributed by atoms with Crippen LogP contribution in [0.1, 0.15) is 12.0 Å². The predicted octanol–water partition coefficient (Wildman–Crippen LogP) is 4.19. The molecule has 0 spiro atoms. The number of carbonyl (C=O) groups is 1. The highest BCUT2D eigenvalue weighted by Gasteiger charge is 2.08. The van der Waals surface area contributed by atoms with Gasteiger partial charge in [0, 0.05) is 17.5 Å². The number of hydrogen-bond donors (Lipinski definition) is 1. The average molecular weight is 296 g/mol. The van der Waals surface area contributed by atoms with Gasteiger partial charge in [0.15, 0.2) is 0 Å². The quantitative estimate of drug-likeness (QED) is 0.900. The summed E-state index contributed by atoms with van der Waals surface area (Å²) in [6, 6.07) is 10.0. The van der Waals surface area contributed by atoms with E-state index in [1.807, 2.05) is 12.1 Å². The Hall–Kier alpha value is -1.94. The van der Waals surface area contributed by atoms with E-state index < -0.39 is 11.6 Å². The molecule has 0 heterocycles. The molecule has 0 aliphatic rings. The molecule has 0 unspecified atom stereocenters. The molecule has 5 heteroatoms. The van der Waals surface area contributed by atoms with Gasteiger partial charge < -0.3 is 5.32 Å². The first-order valence-electron chi connectivity index (χ1n) is 6.04. The molecule has 1 amide bonds. The Bertz CT molecular complexity index is 614. The van der Waals surface area contributed by atoms with E-state index >= 15 is 0 Å². The molecule has 0 aliphatic heterocycles. The molecule has 0 saturated carbocycles. The van der Waals surface area contributed by atoms with Crippen molar-refractivity contribution < 1.29 is 13.6 Å². The van der Waals surface area contributed by atoms with Crippen molar-refractivity contribution in [1.29, 1.82) is 0 Å². The maximum absolute atomic E-state index is 13.3. The standard InChI is InChI=1S/C15H12ClF2NO/c16-11-4-1-10(2-5-11)3-8-15(20)19-14-9-12(17)6-7-13(14)18/h1-2,4-7,9H,3,8H2,(H,19,20). The Labute approximate surface area is 120 Å². The molecule has 2 aromatic carbocycles. The van der Waals surface area contributed by atoms with Crippen molar-refractivity contribution >= 4 is 23.2 Å². The monoisotopic (exact) mass is 295 g/mol. The van der Waals surface area contributed by atoms with E-state index in [2.05, 4.69) is 5.32 Å². The summed E-state index contributed by atoms with van der Waals surface area (Å²) in [6.07, 6.45) is 0.678. The van der Waals surface area contributed by atoms with Gasteiger partial charge in [0.2, 0.25) is 5.91 Å². The van der Waals surface area contributed by atoms with E-state index in [0.717, 1.165) is 23.8 Å². The minimum absolute atomic E-state index is 0.147. The van der Waals surface area contributed by atoms with Crippen molar-refractivity contribution in [3.63, 3.8) is 0 Å². The highest BCUT2D eigenvalue weighted by Crippen LogP contribution is 2.16. The summed E-state index contributed by atoms with van der Waals surface area (Å²) in [4.78, 5) is 11.7. The molecule has 1 N–H and O–H groups in total. The lowest BCUT2D eigenvalue weighted by molar-refractivity contribution is -0.116. The van der Waals surface area contributed by atoms with Crippen LogP contribution in [0.2, 0.25) is 5.02 Å². The lowest BCUT2D eigenvalue weighted by Gasteiger charge is -2.06. The number of rotatable bonds is 4. The van der Waals surface area contributed by atoms with Gasteiger partial charge in [-0.15, -0.1) is 0 Å². The zero-order chi connectivity index (χ0) is 14.5. The molecule has 2 aromatic rings. The van der Waals surface area contributed by atoms with Crippen molar-refractivity contribution in [2.45, 2.75) is 12.8 Å². The van der Waals surface area contributed by atoms with Gasteiger partial charge in [-0.1, -0.05) is 23.7 Å². The Morgan fingerprint density at radius 1 is 1.10 bits per heavy atom. The number of benzene rings is 2. The fourth-order valence-corrected chi connectivity index (χ4v) is 1.84. The second-order valence-corrected chi connectivity index (χ2v) is 4.74. The van der Waals surface area contributed by atoms with E-state index in [1.165, 1.54) is 0 Å². The zero-order valence-electron chi connectivity index (χ0n) is 10.5. The second kappa shape index (κ2) is 6.48. The number of anilines is 1. The van der Waals surface area contributed by atoms with Crippen LogP contribution in [0.4, 0.5) is 14.5 Å². The normalized spacial score (nSPS) is 10.3. The molecule has 0 aliphatic carbocycles. The molecule has 2 rings (SSSR count). The highest BCUT2D eigenvalue weighted by atomic mass is 35.5. The summed E-state index contributed by atoms with van der Waals surface area (Å²) in [5, 5.41) is 2.98. The van der Waals surface area contributed by atoms with Crippen molar-refractivity contribution in [1.82, 2.24) is 0 Å². The molecule has 0 aromatic heterocycles. The summed E-state index contributed by atoms with van der Waals surface area (Å²) < 4.78 is 26.3. The third-order valence-electron chi connectivity index (χ3n) is 2.76. The van der Waals surface area contributed by atoms with Gasteiger partial charge in [-0.05, 0) is 36.2 Å². The summed E-state index contributed by atoms with van der Waals surface area (Å²) in [6.45, 7) is 0. The van der Waals surface area contributed by atoms with Crippen LogP contribution in [0.5, 0.6) is 0 Å². The van der Waals surface area contributed by atoms with Gasteiger partial charge in [-0.2, -0.15) is 0 Å². The molecular formula is C15H12ClF2NO. The summed E-state index contributed by atoms with van der Waals surface area (Å²) in [7, 11) is 0. The fourth-order valence-electron chi connectivity index (χ4n) is 1.71. The van der Waals surface area contributed by atoms with E-state index in [0.29, 0.717) is 11.4 Å². The van der Waals surface area contributed by atoms with Crippen LogP contribution in [0.3, 0.4) is 0 Å². The maximum Gasteiger partial charge on any atom is 0.224 e. The number of hydrogen-bond acceptors (Lipinski definition) is 1. The van der Waals surface area contributed by atoms with Crippen molar-refractivity contribution in [3.8, 4) is 0 Å². The first-order chi connectivity index (χ1) is 9.54. The van der Waals surface area contributed by atoms with Gasteiger partial charge in [0.1, 0.15) is 11.6 Å². The molecule has 0 radical (unpaired) electrons. The van der Waals surface area contributed by atoms with E-state index in [1.54, 1.807) is 12.1 Å². The van der Waals surface area contributed by atoms with E-state index in [9.17, 15) is 13.6 Å². The Balaban J connectivity index is 1.92. The first-order valence-corrected chi connectivity index (χ1v) is 6.42. The van der Waals surface area contributed by atoms with Crippen LogP contribution in [-0.4, -0.2) is 5.91 Å². The van der Waals surface area contributed by atoms with Crippen molar-refractivity contribution in [2.75, 3.05) is 5.32 Å². The van der Waals surface area contributed by atoms with Crippen molar-refractivity contribution in [3.05, 3.63) is 64.7 Å². The minimum Gasteiger partial charge on any atom is -0.324 e. The van der Waals surface area contributed by atoms with Crippen LogP contribution in [-0.2, 0) is 11.2 Å². The van der Waals surface area contributed by atoms with Crippen LogP contribution in [0.15, 0.2) is 42.5 Å². The summed E-state index contributed by atoms with van der Waals surface area (Å²) in [5.41, 5.74) is 0.801. The smallest absolute Gasteiger partial charge is 0.224 e. The lowest BCUT2D eigenvalue weighted by Crippen LogP contribution is -2.13. The van der Waals surface area contributed by atoms with Crippen LogP contribution in [0, 0.1) is 11.6 Å². The maximum atomic E-state index is 13.3. The van der Waals surface area contributed by atoms with Crippen molar-refractivity contribution in [2.24, 2.45) is 0 Å². The lowest BCUT2D eigenvalue weighted by atomic mass is 10.1. The zero-order valence-corrected chi connectivity index (χ0v) is 11.3. The molecule has 2 nitrogen and oxygen atoms in total. The van der Waals surface area contributed by atoms with E-state index in [4.69, 9.17) is 11.6 Å². The number of carbonyl (C=O) groups excluding carboxylic acids is 1. The summed E-state index contributed by atoms with van der Waals surface area (Å²) in [5.74, 6) is -1.63. The summed E-state index contributed by atoms with van der Waals surface area (Å²) >= 11 is 5.76. The van der Waals surface area contributed by atoms with Gasteiger partial charge in [0.05, 0.1) is 5.69 Å². The fraction of sp³-hybridized carbons (Fsp3) is 0.133. The second-order valence-electron chi connectivity index (χ2n) is 4.30. The molecule has 20 heavy (non-hydrogen) atoms. The molecular weight excluding hydrogens is 284 g/mol. The van der Waals surface area contributed by atoms with Gasteiger partial charge in [0.25, 0.3) is 0 Å². The highest BCUT2D eigenvalue weighted by molar-refractivity contribution is 6.30. The topological polar surface area (TPSA) is 29.1 Å². The average Bonchev–Trinajstić information content (AvgIpc) is 2.42. The van der Waals surface area contributed by atoms with Gasteiger partial charge in [-0.25, -0.2) is 8.78 Å². The molecule has 0 saturated heterocycles. The van der Waals surface area contributed by atoms with Crippen LogP contribution < -0.4 is 5.32 Å². The van der Waals surface area contributed by atoms with Crippen LogP contribution in [0.25, 0.3) is 0 Å². The third-order valence-corrected chi connectivity index (χ3v) is 3.01. The SMILES string of the molecule is O=C(CCc1ccc(Cl)cc1)Nc1cc(F)ccc1F. The number of amides is 1. The van der Waals surface area contributed by atoms with Gasteiger partial charge >= 0.3 is 0 Å². The Morgan fingerprint density at radius 2 is 1.80 bits per heavy atom.